The van der Waals surface area contributed by atoms with Crippen molar-refractivity contribution in [2.45, 2.75) is 37.8 Å². The van der Waals surface area contributed by atoms with E-state index in [1.54, 1.807) is 0 Å². The van der Waals surface area contributed by atoms with Crippen LogP contribution in [0.5, 0.6) is 0 Å². The summed E-state index contributed by atoms with van der Waals surface area (Å²) in [4.78, 5) is 12.3. The largest absolute Gasteiger partial charge is 0.372 e. The van der Waals surface area contributed by atoms with E-state index in [1.807, 2.05) is 18.2 Å². The molecule has 0 fully saturated rings. The van der Waals surface area contributed by atoms with Crippen LogP contribution in [0.3, 0.4) is 0 Å². The molecule has 4 heteroatoms. The predicted molar refractivity (Wildman–Crippen MR) is 74.9 cm³/mol. The van der Waals surface area contributed by atoms with E-state index < -0.39 is 0 Å². The number of halogens is 1. The predicted octanol–water partition coefficient (Wildman–Crippen LogP) is 3.01. The zero-order chi connectivity index (χ0) is 13.0. The first kappa shape index (κ1) is 13.6. The maximum atomic E-state index is 12.0. The number of alkyl halides is 1. The van der Waals surface area contributed by atoms with Gasteiger partial charge >= 0.3 is 0 Å². The fourth-order valence-electron chi connectivity index (χ4n) is 2.03. The summed E-state index contributed by atoms with van der Waals surface area (Å²) in [5, 5.41) is 2.95. The van der Waals surface area contributed by atoms with Crippen LogP contribution in [0, 0.1) is 0 Å². The highest BCUT2D eigenvalue weighted by Crippen LogP contribution is 2.20. The SMILES string of the molecule is CCCC(Br)CNC(=O)c1ccc2c(c1)COC2. The number of hydrogen-bond donors (Lipinski definition) is 1. The molecule has 1 aromatic carbocycles. The lowest BCUT2D eigenvalue weighted by molar-refractivity contribution is 0.0953. The molecule has 0 saturated carbocycles. The van der Waals surface area contributed by atoms with Crippen LogP contribution in [0.1, 0.15) is 41.3 Å². The molecule has 1 heterocycles. The van der Waals surface area contributed by atoms with E-state index in [2.05, 4.69) is 28.2 Å². The van der Waals surface area contributed by atoms with E-state index in [4.69, 9.17) is 4.74 Å². The van der Waals surface area contributed by atoms with Gasteiger partial charge in [-0.25, -0.2) is 0 Å². The van der Waals surface area contributed by atoms with Gasteiger partial charge in [-0.2, -0.15) is 0 Å². The molecule has 0 aliphatic carbocycles. The molecule has 1 aliphatic heterocycles. The molecule has 0 radical (unpaired) electrons. The van der Waals surface area contributed by atoms with Gasteiger partial charge < -0.3 is 10.1 Å². The maximum Gasteiger partial charge on any atom is 0.251 e. The third-order valence-electron chi connectivity index (χ3n) is 3.07. The molecule has 0 aromatic heterocycles. The Morgan fingerprint density at radius 3 is 3.00 bits per heavy atom. The van der Waals surface area contributed by atoms with E-state index in [0.717, 1.165) is 24.0 Å². The second kappa shape index (κ2) is 6.34. The van der Waals surface area contributed by atoms with E-state index in [0.29, 0.717) is 24.6 Å². The molecule has 0 saturated heterocycles. The lowest BCUT2D eigenvalue weighted by atomic mass is 10.1. The fraction of sp³-hybridized carbons (Fsp3) is 0.500. The van der Waals surface area contributed by atoms with Crippen molar-refractivity contribution >= 4 is 21.8 Å². The Labute approximate surface area is 116 Å². The van der Waals surface area contributed by atoms with Gasteiger partial charge in [-0.15, -0.1) is 0 Å². The van der Waals surface area contributed by atoms with Crippen LogP contribution in [0.25, 0.3) is 0 Å². The molecule has 0 bridgehead atoms. The Morgan fingerprint density at radius 2 is 2.22 bits per heavy atom. The Morgan fingerprint density at radius 1 is 1.44 bits per heavy atom. The molecular formula is C14H18BrNO2. The van der Waals surface area contributed by atoms with Gasteiger partial charge in [0.15, 0.2) is 0 Å². The van der Waals surface area contributed by atoms with Crippen molar-refractivity contribution in [2.24, 2.45) is 0 Å². The minimum absolute atomic E-state index is 0.00902. The number of fused-ring (bicyclic) bond motifs is 1. The van der Waals surface area contributed by atoms with Crippen LogP contribution in [-0.4, -0.2) is 17.3 Å². The second-order valence-electron chi connectivity index (χ2n) is 4.57. The fourth-order valence-corrected chi connectivity index (χ4v) is 2.65. The highest BCUT2D eigenvalue weighted by molar-refractivity contribution is 9.09. The molecule has 3 nitrogen and oxygen atoms in total. The van der Waals surface area contributed by atoms with Crippen LogP contribution in [0.2, 0.25) is 0 Å². The normalized spacial score (nSPS) is 15.2. The van der Waals surface area contributed by atoms with Crippen molar-refractivity contribution in [3.8, 4) is 0 Å². The van der Waals surface area contributed by atoms with Crippen molar-refractivity contribution in [2.75, 3.05) is 6.54 Å². The Hall–Kier alpha value is -0.870. The van der Waals surface area contributed by atoms with Gasteiger partial charge in [0.05, 0.1) is 13.2 Å². The van der Waals surface area contributed by atoms with Crippen LogP contribution >= 0.6 is 15.9 Å². The molecule has 1 atom stereocenters. The van der Waals surface area contributed by atoms with Crippen LogP contribution in [0.4, 0.5) is 0 Å². The van der Waals surface area contributed by atoms with Crippen molar-refractivity contribution in [3.05, 3.63) is 34.9 Å². The van der Waals surface area contributed by atoms with Crippen LogP contribution in [0.15, 0.2) is 18.2 Å². The second-order valence-corrected chi connectivity index (χ2v) is 5.87. The van der Waals surface area contributed by atoms with E-state index in [9.17, 15) is 4.79 Å². The quantitative estimate of drug-likeness (QED) is 0.849. The third-order valence-corrected chi connectivity index (χ3v) is 3.85. The molecule has 1 N–H and O–H groups in total. The van der Waals surface area contributed by atoms with E-state index >= 15 is 0 Å². The average Bonchev–Trinajstić information content (AvgIpc) is 2.83. The highest BCUT2D eigenvalue weighted by atomic mass is 79.9. The lowest BCUT2D eigenvalue weighted by Gasteiger charge is -2.10. The van der Waals surface area contributed by atoms with E-state index in [1.165, 1.54) is 5.56 Å². The van der Waals surface area contributed by atoms with Gasteiger partial charge in [-0.1, -0.05) is 35.3 Å². The van der Waals surface area contributed by atoms with Gasteiger partial charge in [0.1, 0.15) is 0 Å². The summed E-state index contributed by atoms with van der Waals surface area (Å²) in [6.45, 7) is 4.08. The first-order chi connectivity index (χ1) is 8.70. The number of benzene rings is 1. The number of carbonyl (C=O) groups is 1. The Bertz CT molecular complexity index is 434. The number of rotatable bonds is 5. The molecule has 1 amide bonds. The zero-order valence-electron chi connectivity index (χ0n) is 10.5. The van der Waals surface area contributed by atoms with Crippen molar-refractivity contribution in [3.63, 3.8) is 0 Å². The summed E-state index contributed by atoms with van der Waals surface area (Å²) < 4.78 is 5.34. The maximum absolute atomic E-state index is 12.0. The van der Waals surface area contributed by atoms with Gasteiger partial charge in [-0.05, 0) is 29.7 Å². The van der Waals surface area contributed by atoms with Crippen LogP contribution < -0.4 is 5.32 Å². The zero-order valence-corrected chi connectivity index (χ0v) is 12.1. The van der Waals surface area contributed by atoms with Crippen molar-refractivity contribution < 1.29 is 9.53 Å². The molecule has 18 heavy (non-hydrogen) atoms. The number of nitrogens with one attached hydrogen (secondary N) is 1. The third kappa shape index (κ3) is 3.33. The Kier molecular flexibility index (Phi) is 4.78. The smallest absolute Gasteiger partial charge is 0.251 e. The number of hydrogen-bond acceptors (Lipinski definition) is 2. The molecule has 0 spiro atoms. The van der Waals surface area contributed by atoms with Gasteiger partial charge in [0.25, 0.3) is 5.91 Å². The van der Waals surface area contributed by atoms with Gasteiger partial charge in [-0.3, -0.25) is 4.79 Å². The highest BCUT2D eigenvalue weighted by Gasteiger charge is 2.14. The van der Waals surface area contributed by atoms with E-state index in [-0.39, 0.29) is 5.91 Å². The van der Waals surface area contributed by atoms with Crippen LogP contribution in [-0.2, 0) is 18.0 Å². The molecule has 98 valence electrons. The summed E-state index contributed by atoms with van der Waals surface area (Å²) in [5.41, 5.74) is 3.04. The number of ether oxygens (including phenoxy) is 1. The Balaban J connectivity index is 1.93. The summed E-state index contributed by atoms with van der Waals surface area (Å²) >= 11 is 3.55. The number of amides is 1. The summed E-state index contributed by atoms with van der Waals surface area (Å²) in [5.74, 6) is -0.00902. The summed E-state index contributed by atoms with van der Waals surface area (Å²) in [6, 6.07) is 5.78. The summed E-state index contributed by atoms with van der Waals surface area (Å²) in [6.07, 6.45) is 2.18. The lowest BCUT2D eigenvalue weighted by Crippen LogP contribution is -2.29. The molecule has 2 rings (SSSR count). The van der Waals surface area contributed by atoms with Crippen molar-refractivity contribution in [1.82, 2.24) is 5.32 Å². The first-order valence-electron chi connectivity index (χ1n) is 6.32. The molecule has 1 aromatic rings. The topological polar surface area (TPSA) is 38.3 Å². The number of carbonyl (C=O) groups excluding carboxylic acids is 1. The minimum atomic E-state index is -0.00902. The molecule has 1 aliphatic rings. The minimum Gasteiger partial charge on any atom is -0.372 e. The van der Waals surface area contributed by atoms with Crippen molar-refractivity contribution in [1.29, 1.82) is 0 Å². The average molecular weight is 312 g/mol. The van der Waals surface area contributed by atoms with Gasteiger partial charge in [0.2, 0.25) is 0 Å². The molecular weight excluding hydrogens is 294 g/mol. The molecule has 1 unspecified atom stereocenters. The standard InChI is InChI=1S/C14H18BrNO2/c1-2-3-13(15)7-16-14(17)10-4-5-11-8-18-9-12(11)6-10/h4-6,13H,2-3,7-9H2,1H3,(H,16,17). The monoisotopic (exact) mass is 311 g/mol. The van der Waals surface area contributed by atoms with Gasteiger partial charge in [0, 0.05) is 16.9 Å². The summed E-state index contributed by atoms with van der Waals surface area (Å²) in [7, 11) is 0. The first-order valence-corrected chi connectivity index (χ1v) is 7.24.